The van der Waals surface area contributed by atoms with Gasteiger partial charge in [0.1, 0.15) is 16.9 Å². The van der Waals surface area contributed by atoms with Gasteiger partial charge in [0.15, 0.2) is 0 Å². The van der Waals surface area contributed by atoms with Crippen molar-refractivity contribution in [2.75, 3.05) is 10.7 Å². The van der Waals surface area contributed by atoms with Gasteiger partial charge in [-0.25, -0.2) is 4.98 Å². The number of hydrogen-bond donors (Lipinski definition) is 1. The molecule has 1 aliphatic rings. The zero-order valence-electron chi connectivity index (χ0n) is 14.9. The smallest absolute Gasteiger partial charge is 0.127 e. The number of imidazole rings is 1. The van der Waals surface area contributed by atoms with Gasteiger partial charge in [0.05, 0.1) is 22.3 Å². The van der Waals surface area contributed by atoms with E-state index in [0.717, 1.165) is 39.0 Å². The molecule has 28 heavy (non-hydrogen) atoms. The van der Waals surface area contributed by atoms with Crippen LogP contribution in [0.5, 0.6) is 11.5 Å². The topological polar surface area (TPSA) is 41.1 Å². The highest BCUT2D eigenvalue weighted by molar-refractivity contribution is 8.02. The summed E-state index contributed by atoms with van der Waals surface area (Å²) >= 11 is 7.51. The van der Waals surface area contributed by atoms with Crippen LogP contribution in [-0.4, -0.2) is 20.7 Å². The van der Waals surface area contributed by atoms with E-state index in [1.165, 1.54) is 5.56 Å². The van der Waals surface area contributed by atoms with Crippen molar-refractivity contribution in [3.8, 4) is 11.5 Å². The number of hydrogen-bond acceptors (Lipinski definition) is 4. The van der Waals surface area contributed by atoms with E-state index in [4.69, 9.17) is 17.0 Å². The van der Waals surface area contributed by atoms with E-state index in [2.05, 4.69) is 39.1 Å². The van der Waals surface area contributed by atoms with E-state index < -0.39 is 0 Å². The lowest BCUT2D eigenvalue weighted by molar-refractivity contribution is 0.482. The molecule has 138 valence electrons. The van der Waals surface area contributed by atoms with Crippen molar-refractivity contribution in [2.24, 2.45) is 0 Å². The van der Waals surface area contributed by atoms with Crippen molar-refractivity contribution >= 4 is 45.7 Å². The second kappa shape index (κ2) is 7.30. The molecule has 1 saturated heterocycles. The molecule has 1 unspecified atom stereocenters. The molecule has 0 amide bonds. The molecule has 0 saturated carbocycles. The zero-order chi connectivity index (χ0) is 18.9. The van der Waals surface area contributed by atoms with Crippen molar-refractivity contribution in [3.63, 3.8) is 0 Å². The minimum atomic E-state index is 0.152. The second-order valence-corrected chi connectivity index (χ2v) is 8.06. The number of nitrogens with one attached hydrogen (secondary N) is 1. The molecule has 0 aliphatic carbocycles. The molecule has 6 heteroatoms. The molecule has 4 aromatic rings. The van der Waals surface area contributed by atoms with Crippen LogP contribution >= 0.6 is 24.0 Å². The number of rotatable bonds is 4. The van der Waals surface area contributed by atoms with Gasteiger partial charge in [-0.05, 0) is 48.0 Å². The maximum absolute atomic E-state index is 5.91. The second-order valence-electron chi connectivity index (χ2n) is 6.52. The van der Waals surface area contributed by atoms with E-state index in [-0.39, 0.29) is 5.37 Å². The number of fused-ring (bicyclic) bond motifs is 1. The average Bonchev–Trinajstić information content (AvgIpc) is 3.35. The summed E-state index contributed by atoms with van der Waals surface area (Å²) in [5.74, 6) is 2.50. The average molecular weight is 404 g/mol. The van der Waals surface area contributed by atoms with Gasteiger partial charge in [-0.15, -0.1) is 11.8 Å². The van der Waals surface area contributed by atoms with Gasteiger partial charge in [-0.3, -0.25) is 0 Å². The summed E-state index contributed by atoms with van der Waals surface area (Å²) in [6.07, 6.45) is 1.72. The summed E-state index contributed by atoms with van der Waals surface area (Å²) in [5, 5.41) is 0.152. The third-order valence-corrected chi connectivity index (χ3v) is 6.46. The summed E-state index contributed by atoms with van der Waals surface area (Å²) in [6, 6.07) is 24.3. The third-order valence-electron chi connectivity index (χ3n) is 4.69. The normalized spacial score (nSPS) is 16.6. The molecular formula is C22H17N3OS2. The van der Waals surface area contributed by atoms with Gasteiger partial charge in [-0.2, -0.15) is 0 Å². The number of para-hydroxylation sites is 1. The first-order valence-corrected chi connectivity index (χ1v) is 10.4. The Bertz CT molecular complexity index is 1130. The maximum Gasteiger partial charge on any atom is 0.127 e. The fourth-order valence-corrected chi connectivity index (χ4v) is 5.02. The zero-order valence-corrected chi connectivity index (χ0v) is 16.5. The summed E-state index contributed by atoms with van der Waals surface area (Å²) in [4.78, 5) is 10.7. The molecule has 0 spiro atoms. The van der Waals surface area contributed by atoms with Crippen LogP contribution in [0, 0.1) is 0 Å². The Balaban J connectivity index is 1.41. The summed E-state index contributed by atoms with van der Waals surface area (Å²) in [5.41, 5.74) is 4.26. The molecule has 1 atom stereocenters. The van der Waals surface area contributed by atoms with Crippen LogP contribution in [0.1, 0.15) is 10.9 Å². The maximum atomic E-state index is 5.91. The molecule has 2 heterocycles. The van der Waals surface area contributed by atoms with E-state index in [1.807, 2.05) is 60.3 Å². The number of aromatic nitrogens is 2. The lowest BCUT2D eigenvalue weighted by Crippen LogP contribution is -2.26. The number of ether oxygens (including phenoxy) is 1. The van der Waals surface area contributed by atoms with Gasteiger partial charge in [-0.1, -0.05) is 42.5 Å². The standard InChI is InChI=1S/C22H17N3OS2/c27-21-13-28-22(25(21)16-8-11-19-20(12-16)24-14-23-19)15-6-9-18(10-7-15)26-17-4-2-1-3-5-17/h1-12,14,22H,13H2,(H,23,24). The first kappa shape index (κ1) is 17.3. The number of benzene rings is 3. The Morgan fingerprint density at radius 2 is 1.79 bits per heavy atom. The van der Waals surface area contributed by atoms with Gasteiger partial charge < -0.3 is 14.6 Å². The van der Waals surface area contributed by atoms with E-state index in [0.29, 0.717) is 0 Å². The molecule has 3 aromatic carbocycles. The predicted octanol–water partition coefficient (Wildman–Crippen LogP) is 5.93. The monoisotopic (exact) mass is 403 g/mol. The highest BCUT2D eigenvalue weighted by Crippen LogP contribution is 2.43. The quantitative estimate of drug-likeness (QED) is 0.427. The largest absolute Gasteiger partial charge is 0.457 e. The molecule has 1 aromatic heterocycles. The van der Waals surface area contributed by atoms with Crippen LogP contribution in [0.4, 0.5) is 5.69 Å². The molecule has 5 rings (SSSR count). The van der Waals surface area contributed by atoms with Crippen molar-refractivity contribution in [1.29, 1.82) is 0 Å². The highest BCUT2D eigenvalue weighted by Gasteiger charge is 2.31. The van der Waals surface area contributed by atoms with E-state index >= 15 is 0 Å². The lowest BCUT2D eigenvalue weighted by atomic mass is 10.1. The molecule has 1 fully saturated rings. The number of nitrogens with zero attached hydrogens (tertiary/aromatic N) is 2. The summed E-state index contributed by atoms with van der Waals surface area (Å²) in [6.45, 7) is 0. The Kier molecular flexibility index (Phi) is 4.50. The molecule has 4 nitrogen and oxygen atoms in total. The first-order valence-electron chi connectivity index (χ1n) is 8.97. The number of anilines is 1. The van der Waals surface area contributed by atoms with Crippen LogP contribution in [0.3, 0.4) is 0 Å². The number of H-pyrrole nitrogens is 1. The summed E-state index contributed by atoms with van der Waals surface area (Å²) < 4.78 is 5.91. The van der Waals surface area contributed by atoms with E-state index in [1.54, 1.807) is 6.33 Å². The number of thiocarbonyl (C=S) groups is 1. The van der Waals surface area contributed by atoms with Crippen molar-refractivity contribution in [1.82, 2.24) is 9.97 Å². The van der Waals surface area contributed by atoms with Crippen molar-refractivity contribution in [2.45, 2.75) is 5.37 Å². The fraction of sp³-hybridized carbons (Fsp3) is 0.0909. The predicted molar refractivity (Wildman–Crippen MR) is 119 cm³/mol. The van der Waals surface area contributed by atoms with Gasteiger partial charge in [0.25, 0.3) is 0 Å². The van der Waals surface area contributed by atoms with Crippen LogP contribution in [-0.2, 0) is 0 Å². The van der Waals surface area contributed by atoms with Crippen molar-refractivity contribution < 1.29 is 4.74 Å². The third kappa shape index (κ3) is 3.25. The lowest BCUT2D eigenvalue weighted by Gasteiger charge is -2.26. The molecule has 0 radical (unpaired) electrons. The Labute approximate surface area is 172 Å². The minimum absolute atomic E-state index is 0.152. The Morgan fingerprint density at radius 3 is 2.61 bits per heavy atom. The molecule has 1 aliphatic heterocycles. The molecular weight excluding hydrogens is 386 g/mol. The molecule has 0 bridgehead atoms. The summed E-state index contributed by atoms with van der Waals surface area (Å²) in [7, 11) is 0. The SMILES string of the molecule is S=C1CSC(c2ccc(Oc3ccccc3)cc2)N1c1ccc2nc[nH]c2c1. The van der Waals surface area contributed by atoms with Crippen LogP contribution in [0.25, 0.3) is 11.0 Å². The highest BCUT2D eigenvalue weighted by atomic mass is 32.2. The Morgan fingerprint density at radius 1 is 1.00 bits per heavy atom. The van der Waals surface area contributed by atoms with Gasteiger partial charge >= 0.3 is 0 Å². The van der Waals surface area contributed by atoms with Crippen molar-refractivity contribution in [3.05, 3.63) is 84.7 Å². The van der Waals surface area contributed by atoms with E-state index in [9.17, 15) is 0 Å². The minimum Gasteiger partial charge on any atom is -0.457 e. The first-order chi connectivity index (χ1) is 13.8. The van der Waals surface area contributed by atoms with Crippen LogP contribution in [0.2, 0.25) is 0 Å². The van der Waals surface area contributed by atoms with Gasteiger partial charge in [0, 0.05) is 11.4 Å². The van der Waals surface area contributed by atoms with Crippen LogP contribution < -0.4 is 9.64 Å². The Hall–Kier alpha value is -2.83. The van der Waals surface area contributed by atoms with Crippen LogP contribution in [0.15, 0.2) is 79.1 Å². The molecule has 1 N–H and O–H groups in total. The number of aromatic amines is 1. The van der Waals surface area contributed by atoms with Gasteiger partial charge in [0.2, 0.25) is 0 Å². The number of thioether (sulfide) groups is 1. The fourth-order valence-electron chi connectivity index (χ4n) is 3.35.